The minimum atomic E-state index is -3.75. The van der Waals surface area contributed by atoms with E-state index in [2.05, 4.69) is 0 Å². The molecule has 0 N–H and O–H groups in total. The number of ether oxygens (including phenoxy) is 2. The van der Waals surface area contributed by atoms with Gasteiger partial charge in [-0.15, -0.1) is 0 Å². The van der Waals surface area contributed by atoms with Crippen LogP contribution < -0.4 is 0 Å². The maximum Gasteiger partial charge on any atom is 0.344 e. The first kappa shape index (κ1) is 23.8. The summed E-state index contributed by atoms with van der Waals surface area (Å²) in [5.41, 5.74) is -1.13. The van der Waals surface area contributed by atoms with E-state index in [1.807, 2.05) is 0 Å². The van der Waals surface area contributed by atoms with Crippen LogP contribution in [0.1, 0.15) is 59.8 Å². The molecule has 1 rings (SSSR count). The molecule has 1 aliphatic carbocycles. The molecule has 0 aromatic carbocycles. The fourth-order valence-electron chi connectivity index (χ4n) is 3.33. The van der Waals surface area contributed by atoms with Crippen molar-refractivity contribution in [3.8, 4) is 0 Å². The molecule has 0 aromatic rings. The summed E-state index contributed by atoms with van der Waals surface area (Å²) < 4.78 is 34.2. The predicted octanol–water partition coefficient (Wildman–Crippen LogP) is 3.27. The van der Waals surface area contributed by atoms with Gasteiger partial charge in [-0.2, -0.15) is 0 Å². The number of rotatable bonds is 12. The molecule has 8 nitrogen and oxygen atoms in total. The van der Waals surface area contributed by atoms with Crippen molar-refractivity contribution in [2.75, 3.05) is 19.8 Å². The first-order valence-corrected chi connectivity index (χ1v) is 11.2. The Balaban J connectivity index is 3.00. The second-order valence-electron chi connectivity index (χ2n) is 6.33. The average Bonchev–Trinajstić information content (AvgIpc) is 3.00. The Hall–Kier alpha value is -1.24. The molecule has 1 fully saturated rings. The quantitative estimate of drug-likeness (QED) is 0.359. The molecule has 0 aromatic heterocycles. The summed E-state index contributed by atoms with van der Waals surface area (Å²) in [6.07, 6.45) is 1.45. The van der Waals surface area contributed by atoms with E-state index in [0.717, 1.165) is 6.42 Å². The minimum Gasteiger partial charge on any atom is -0.465 e. The standard InChI is InChI=1S/C18H31O8P/c1-5-23-18(21)17(27(22,24-6-2)25-7-3)12-11-16(26-13(4)19)14-9-8-10-15(14)20/h14,16-17H,5-12H2,1-4H3. The van der Waals surface area contributed by atoms with Gasteiger partial charge in [0, 0.05) is 13.3 Å². The van der Waals surface area contributed by atoms with Crippen molar-refractivity contribution in [3.05, 3.63) is 0 Å². The van der Waals surface area contributed by atoms with Gasteiger partial charge >= 0.3 is 19.5 Å². The Kier molecular flexibility index (Phi) is 10.2. The molecule has 0 bridgehead atoms. The minimum absolute atomic E-state index is 0.0479. The molecule has 1 aliphatic rings. The molecule has 1 saturated carbocycles. The van der Waals surface area contributed by atoms with E-state index in [4.69, 9.17) is 18.5 Å². The zero-order valence-electron chi connectivity index (χ0n) is 16.6. The number of carbonyl (C=O) groups is 3. The zero-order chi connectivity index (χ0) is 20.4. The van der Waals surface area contributed by atoms with Crippen LogP contribution in [0, 0.1) is 5.92 Å². The van der Waals surface area contributed by atoms with E-state index in [1.54, 1.807) is 20.8 Å². The van der Waals surface area contributed by atoms with Crippen molar-refractivity contribution < 1.29 is 37.5 Å². The van der Waals surface area contributed by atoms with E-state index in [1.165, 1.54) is 6.92 Å². The lowest BCUT2D eigenvalue weighted by molar-refractivity contribution is -0.151. The van der Waals surface area contributed by atoms with Crippen LogP contribution in [0.15, 0.2) is 0 Å². The number of hydrogen-bond acceptors (Lipinski definition) is 8. The van der Waals surface area contributed by atoms with Crippen LogP contribution in [0.25, 0.3) is 0 Å². The molecule has 9 heteroatoms. The van der Waals surface area contributed by atoms with Crippen LogP contribution in [-0.2, 0) is 37.5 Å². The van der Waals surface area contributed by atoms with Crippen molar-refractivity contribution >= 4 is 25.3 Å². The van der Waals surface area contributed by atoms with E-state index in [0.29, 0.717) is 12.8 Å². The highest BCUT2D eigenvalue weighted by Gasteiger charge is 2.43. The van der Waals surface area contributed by atoms with Crippen molar-refractivity contribution in [1.29, 1.82) is 0 Å². The SMILES string of the molecule is CCOC(=O)C(CCC(OC(C)=O)C1CCCC1=O)P(=O)(OCC)OCC. The summed E-state index contributed by atoms with van der Waals surface area (Å²) in [5.74, 6) is -1.52. The smallest absolute Gasteiger partial charge is 0.344 e. The lowest BCUT2D eigenvalue weighted by atomic mass is 9.95. The molecule has 3 atom stereocenters. The fourth-order valence-corrected chi connectivity index (χ4v) is 5.29. The van der Waals surface area contributed by atoms with E-state index in [-0.39, 0.29) is 38.4 Å². The third-order valence-corrected chi connectivity index (χ3v) is 6.87. The first-order chi connectivity index (χ1) is 12.8. The number of hydrogen-bond donors (Lipinski definition) is 0. The van der Waals surface area contributed by atoms with Crippen LogP contribution in [0.2, 0.25) is 0 Å². The second-order valence-corrected chi connectivity index (χ2v) is 8.55. The van der Waals surface area contributed by atoms with Crippen LogP contribution in [0.4, 0.5) is 0 Å². The van der Waals surface area contributed by atoms with E-state index < -0.39 is 37.2 Å². The molecule has 0 spiro atoms. The molecule has 0 heterocycles. The van der Waals surface area contributed by atoms with E-state index in [9.17, 15) is 18.9 Å². The van der Waals surface area contributed by atoms with Gasteiger partial charge in [-0.3, -0.25) is 18.9 Å². The van der Waals surface area contributed by atoms with Gasteiger partial charge in [0.05, 0.1) is 25.7 Å². The molecule has 0 radical (unpaired) electrons. The summed E-state index contributed by atoms with van der Waals surface area (Å²) in [7, 11) is -3.75. The van der Waals surface area contributed by atoms with Crippen LogP contribution >= 0.6 is 7.60 Å². The second kappa shape index (κ2) is 11.6. The van der Waals surface area contributed by atoms with Crippen molar-refractivity contribution in [2.45, 2.75) is 71.6 Å². The highest BCUT2D eigenvalue weighted by Crippen LogP contribution is 2.55. The number of ketones is 1. The van der Waals surface area contributed by atoms with Gasteiger partial charge in [-0.25, -0.2) is 0 Å². The Labute approximate surface area is 160 Å². The lowest BCUT2D eigenvalue weighted by Crippen LogP contribution is -2.32. The fraction of sp³-hybridized carbons (Fsp3) is 0.833. The number of esters is 2. The monoisotopic (exact) mass is 406 g/mol. The molecule has 0 saturated heterocycles. The summed E-state index contributed by atoms with van der Waals surface area (Å²) in [5, 5.41) is 0. The third kappa shape index (κ3) is 7.01. The number of Topliss-reactive ketones (excluding diaryl/α,β-unsaturated/α-hetero) is 1. The molecule has 156 valence electrons. The van der Waals surface area contributed by atoms with Crippen molar-refractivity contribution in [3.63, 3.8) is 0 Å². The Morgan fingerprint density at radius 3 is 2.19 bits per heavy atom. The Bertz CT molecular complexity index is 552. The summed E-state index contributed by atoms with van der Waals surface area (Å²) in [6.45, 7) is 6.60. The molecule has 0 amide bonds. The van der Waals surface area contributed by atoms with Gasteiger partial charge in [-0.1, -0.05) is 0 Å². The van der Waals surface area contributed by atoms with Crippen LogP contribution in [0.3, 0.4) is 0 Å². The van der Waals surface area contributed by atoms with Gasteiger partial charge in [0.2, 0.25) is 0 Å². The highest BCUT2D eigenvalue weighted by atomic mass is 31.2. The van der Waals surface area contributed by atoms with E-state index >= 15 is 0 Å². The van der Waals surface area contributed by atoms with Gasteiger partial charge in [-0.05, 0) is 46.5 Å². The first-order valence-electron chi connectivity index (χ1n) is 9.54. The molecular formula is C18H31O8P. The van der Waals surface area contributed by atoms with Crippen molar-refractivity contribution in [2.24, 2.45) is 5.92 Å². The summed E-state index contributed by atoms with van der Waals surface area (Å²) >= 11 is 0. The maximum absolute atomic E-state index is 13.1. The highest BCUT2D eigenvalue weighted by molar-refractivity contribution is 7.55. The number of carbonyl (C=O) groups excluding carboxylic acids is 3. The molecule has 3 unspecified atom stereocenters. The van der Waals surface area contributed by atoms with Gasteiger partial charge in [0.15, 0.2) is 5.66 Å². The maximum atomic E-state index is 13.1. The average molecular weight is 406 g/mol. The van der Waals surface area contributed by atoms with Crippen LogP contribution in [0.5, 0.6) is 0 Å². The van der Waals surface area contributed by atoms with Gasteiger partial charge < -0.3 is 18.5 Å². The lowest BCUT2D eigenvalue weighted by Gasteiger charge is -2.27. The predicted molar refractivity (Wildman–Crippen MR) is 98.4 cm³/mol. The topological polar surface area (TPSA) is 105 Å². The van der Waals surface area contributed by atoms with Gasteiger partial charge in [0.1, 0.15) is 11.9 Å². The largest absolute Gasteiger partial charge is 0.465 e. The Morgan fingerprint density at radius 2 is 1.74 bits per heavy atom. The third-order valence-electron chi connectivity index (χ3n) is 4.40. The summed E-state index contributed by atoms with van der Waals surface area (Å²) in [4.78, 5) is 36.0. The normalized spacial score (nSPS) is 19.6. The Morgan fingerprint density at radius 1 is 1.11 bits per heavy atom. The van der Waals surface area contributed by atoms with Crippen molar-refractivity contribution in [1.82, 2.24) is 0 Å². The molecule has 27 heavy (non-hydrogen) atoms. The molecule has 0 aliphatic heterocycles. The molecular weight excluding hydrogens is 375 g/mol. The van der Waals surface area contributed by atoms with Crippen LogP contribution in [-0.4, -0.2) is 49.3 Å². The summed E-state index contributed by atoms with van der Waals surface area (Å²) in [6, 6.07) is 0. The van der Waals surface area contributed by atoms with Gasteiger partial charge in [0.25, 0.3) is 0 Å². The zero-order valence-corrected chi connectivity index (χ0v) is 17.5.